The minimum Gasteiger partial charge on any atom is -0.300 e. The van der Waals surface area contributed by atoms with E-state index < -0.39 is 29.1 Å². The molecule has 1 fully saturated rings. The quantitative estimate of drug-likeness (QED) is 0.551. The van der Waals surface area contributed by atoms with Crippen molar-refractivity contribution in [1.29, 1.82) is 0 Å². The van der Waals surface area contributed by atoms with Crippen LogP contribution < -0.4 is 10.6 Å². The lowest BCUT2D eigenvalue weighted by molar-refractivity contribution is -0.137. The molecule has 1 saturated heterocycles. The number of rotatable bonds is 2. The molecule has 136 valence electrons. The Labute approximate surface area is 168 Å². The monoisotopic (exact) mass is 445 g/mol. The average Bonchev–Trinajstić information content (AvgIpc) is 3.03. The first-order chi connectivity index (χ1) is 12.9. The molecule has 0 bridgehead atoms. The number of carbonyl (C=O) groups is 2. The molecule has 1 unspecified atom stereocenters. The number of carbonyl (C=O) groups excluding carboxylic acids is 2. The zero-order valence-electron chi connectivity index (χ0n) is 13.8. The SMILES string of the molecule is O=C1NC(=S)NC(=O)C12N=C(c1cccc(Br)c1)CC2c1ccc(F)cc1. The van der Waals surface area contributed by atoms with Crippen LogP contribution in [0.3, 0.4) is 0 Å². The van der Waals surface area contributed by atoms with Gasteiger partial charge in [-0.25, -0.2) is 4.39 Å². The Morgan fingerprint density at radius 2 is 1.78 bits per heavy atom. The van der Waals surface area contributed by atoms with Crippen molar-refractivity contribution in [2.24, 2.45) is 4.99 Å². The first-order valence-electron chi connectivity index (χ1n) is 8.17. The molecule has 2 heterocycles. The van der Waals surface area contributed by atoms with Crippen molar-refractivity contribution in [3.8, 4) is 0 Å². The van der Waals surface area contributed by atoms with Crippen molar-refractivity contribution in [2.45, 2.75) is 17.9 Å². The van der Waals surface area contributed by atoms with Gasteiger partial charge in [-0.05, 0) is 47.6 Å². The van der Waals surface area contributed by atoms with Crippen molar-refractivity contribution in [2.75, 3.05) is 0 Å². The van der Waals surface area contributed by atoms with Crippen LogP contribution in [0, 0.1) is 5.82 Å². The molecular weight excluding hydrogens is 433 g/mol. The number of hydrogen-bond donors (Lipinski definition) is 2. The number of nitrogens with one attached hydrogen (secondary N) is 2. The van der Waals surface area contributed by atoms with Gasteiger partial charge in [-0.2, -0.15) is 0 Å². The molecule has 2 N–H and O–H groups in total. The summed E-state index contributed by atoms with van der Waals surface area (Å²) in [5, 5.41) is 4.97. The largest absolute Gasteiger partial charge is 0.300 e. The smallest absolute Gasteiger partial charge is 0.264 e. The number of halogens is 2. The molecule has 2 aromatic carbocycles. The van der Waals surface area contributed by atoms with Crippen LogP contribution in [0.1, 0.15) is 23.5 Å². The normalized spacial score (nSPS) is 21.0. The first kappa shape index (κ1) is 17.9. The number of thiocarbonyl (C=S) groups is 1. The standard InChI is InChI=1S/C19H13BrFN3O2S/c20-12-3-1-2-11(8-12)15-9-14(10-4-6-13(21)7-5-10)19(24-15)16(25)22-18(27)23-17(19)26/h1-8,14H,9H2,(H2,22,23,25,26,27). The molecule has 0 saturated carbocycles. The molecule has 4 rings (SSSR count). The summed E-state index contributed by atoms with van der Waals surface area (Å²) in [5.74, 6) is -2.11. The van der Waals surface area contributed by atoms with E-state index in [4.69, 9.17) is 12.2 Å². The van der Waals surface area contributed by atoms with Gasteiger partial charge < -0.3 is 10.6 Å². The number of benzene rings is 2. The molecule has 8 heteroatoms. The molecule has 1 atom stereocenters. The number of nitrogens with zero attached hydrogens (tertiary/aromatic N) is 1. The van der Waals surface area contributed by atoms with Crippen LogP contribution in [0.15, 0.2) is 58.0 Å². The third-order valence-corrected chi connectivity index (χ3v) is 5.49. The van der Waals surface area contributed by atoms with Crippen molar-refractivity contribution in [1.82, 2.24) is 10.6 Å². The van der Waals surface area contributed by atoms with Crippen molar-refractivity contribution in [3.05, 3.63) is 69.9 Å². The van der Waals surface area contributed by atoms with Crippen LogP contribution in [-0.4, -0.2) is 28.2 Å². The molecule has 0 aliphatic carbocycles. The number of amides is 2. The minimum absolute atomic E-state index is 0.0420. The molecule has 2 aromatic rings. The van der Waals surface area contributed by atoms with Crippen molar-refractivity contribution in [3.63, 3.8) is 0 Å². The lowest BCUT2D eigenvalue weighted by Gasteiger charge is -2.34. The Kier molecular flexibility index (Phi) is 4.39. The molecule has 0 aromatic heterocycles. The summed E-state index contributed by atoms with van der Waals surface area (Å²) in [6, 6.07) is 13.3. The molecule has 27 heavy (non-hydrogen) atoms. The van der Waals surface area contributed by atoms with Gasteiger partial charge in [-0.3, -0.25) is 14.6 Å². The predicted molar refractivity (Wildman–Crippen MR) is 106 cm³/mol. The molecular formula is C19H13BrFN3O2S. The van der Waals surface area contributed by atoms with Gasteiger partial charge in [0.05, 0.1) is 0 Å². The molecule has 2 aliphatic rings. The number of aliphatic imine (C=N–C) groups is 1. The Bertz CT molecular complexity index is 986. The summed E-state index contributed by atoms with van der Waals surface area (Å²) < 4.78 is 14.3. The van der Waals surface area contributed by atoms with Crippen LogP contribution in [0.25, 0.3) is 0 Å². The molecule has 0 radical (unpaired) electrons. The van der Waals surface area contributed by atoms with Gasteiger partial charge in [-0.15, -0.1) is 0 Å². The molecule has 2 aliphatic heterocycles. The summed E-state index contributed by atoms with van der Waals surface area (Å²) in [7, 11) is 0. The fraction of sp³-hybridized carbons (Fsp3) is 0.158. The lowest BCUT2D eigenvalue weighted by atomic mass is 9.77. The van der Waals surface area contributed by atoms with Gasteiger partial charge in [0, 0.05) is 22.5 Å². The van der Waals surface area contributed by atoms with E-state index in [2.05, 4.69) is 31.6 Å². The highest BCUT2D eigenvalue weighted by molar-refractivity contribution is 9.10. The van der Waals surface area contributed by atoms with Crippen LogP contribution in [-0.2, 0) is 9.59 Å². The Morgan fingerprint density at radius 1 is 1.11 bits per heavy atom. The predicted octanol–water partition coefficient (Wildman–Crippen LogP) is 2.83. The van der Waals surface area contributed by atoms with Gasteiger partial charge in [-0.1, -0.05) is 40.2 Å². The second-order valence-electron chi connectivity index (χ2n) is 6.38. The Morgan fingerprint density at radius 3 is 2.41 bits per heavy atom. The zero-order chi connectivity index (χ0) is 19.2. The fourth-order valence-electron chi connectivity index (χ4n) is 3.53. The lowest BCUT2D eigenvalue weighted by Crippen LogP contribution is -2.66. The molecule has 1 spiro atoms. The van der Waals surface area contributed by atoms with E-state index in [0.717, 1.165) is 10.0 Å². The van der Waals surface area contributed by atoms with E-state index in [-0.39, 0.29) is 5.11 Å². The maximum Gasteiger partial charge on any atom is 0.264 e. The summed E-state index contributed by atoms with van der Waals surface area (Å²) >= 11 is 8.35. The maximum absolute atomic E-state index is 13.4. The summed E-state index contributed by atoms with van der Waals surface area (Å²) in [5.41, 5.74) is 0.409. The fourth-order valence-corrected chi connectivity index (χ4v) is 4.12. The molecule has 2 amide bonds. The molecule has 5 nitrogen and oxygen atoms in total. The average molecular weight is 446 g/mol. The zero-order valence-corrected chi connectivity index (χ0v) is 16.2. The second-order valence-corrected chi connectivity index (χ2v) is 7.70. The van der Waals surface area contributed by atoms with Gasteiger partial charge in [0.15, 0.2) is 5.11 Å². The third-order valence-electron chi connectivity index (χ3n) is 4.79. The highest BCUT2D eigenvalue weighted by atomic mass is 79.9. The maximum atomic E-state index is 13.4. The van der Waals surface area contributed by atoms with Gasteiger partial charge in [0.2, 0.25) is 5.54 Å². The van der Waals surface area contributed by atoms with Crippen LogP contribution >= 0.6 is 28.1 Å². The number of hydrogen-bond acceptors (Lipinski definition) is 4. The topological polar surface area (TPSA) is 70.6 Å². The van der Waals surface area contributed by atoms with Crippen LogP contribution in [0.4, 0.5) is 4.39 Å². The van der Waals surface area contributed by atoms with E-state index in [9.17, 15) is 14.0 Å². The first-order valence-corrected chi connectivity index (χ1v) is 9.37. The van der Waals surface area contributed by atoms with Crippen LogP contribution in [0.2, 0.25) is 0 Å². The van der Waals surface area contributed by atoms with Crippen molar-refractivity contribution < 1.29 is 14.0 Å². The van der Waals surface area contributed by atoms with E-state index in [1.54, 1.807) is 12.1 Å². The van der Waals surface area contributed by atoms with Crippen LogP contribution in [0.5, 0.6) is 0 Å². The highest BCUT2D eigenvalue weighted by Gasteiger charge is 2.59. The van der Waals surface area contributed by atoms with Gasteiger partial charge >= 0.3 is 0 Å². The summed E-state index contributed by atoms with van der Waals surface area (Å²) in [4.78, 5) is 30.4. The van der Waals surface area contributed by atoms with E-state index in [1.807, 2.05) is 24.3 Å². The second kappa shape index (κ2) is 6.61. The minimum atomic E-state index is -1.68. The van der Waals surface area contributed by atoms with E-state index in [1.165, 1.54) is 12.1 Å². The Hall–Kier alpha value is -2.45. The van der Waals surface area contributed by atoms with Gasteiger partial charge in [0.1, 0.15) is 5.82 Å². The van der Waals surface area contributed by atoms with E-state index >= 15 is 0 Å². The van der Waals surface area contributed by atoms with Gasteiger partial charge in [0.25, 0.3) is 11.8 Å². The highest BCUT2D eigenvalue weighted by Crippen LogP contribution is 2.43. The summed E-state index contributed by atoms with van der Waals surface area (Å²) in [6.45, 7) is 0. The van der Waals surface area contributed by atoms with E-state index in [0.29, 0.717) is 17.7 Å². The Balaban J connectivity index is 1.86. The summed E-state index contributed by atoms with van der Waals surface area (Å²) in [6.07, 6.45) is 0.357. The third kappa shape index (κ3) is 2.98. The van der Waals surface area contributed by atoms with Crippen molar-refractivity contribution >= 4 is 50.8 Å².